The molecule has 0 saturated heterocycles. The standard InChI is InChI=1S/C15H26N2O2/c1-6-12(7-2)17-9-8-11(16-17)10-13(18)14(19)15(3,4)5/h8-9,12,14,19H,6-7,10H2,1-5H3. The molecule has 1 atom stereocenters. The van der Waals surface area contributed by atoms with E-state index >= 15 is 0 Å². The van der Waals surface area contributed by atoms with Crippen molar-refractivity contribution in [2.75, 3.05) is 0 Å². The molecule has 1 heterocycles. The fourth-order valence-corrected chi connectivity index (χ4v) is 2.10. The van der Waals surface area contributed by atoms with Crippen LogP contribution >= 0.6 is 0 Å². The van der Waals surface area contributed by atoms with Gasteiger partial charge in [-0.1, -0.05) is 34.6 Å². The van der Waals surface area contributed by atoms with E-state index in [1.165, 1.54) is 0 Å². The van der Waals surface area contributed by atoms with Gasteiger partial charge >= 0.3 is 0 Å². The van der Waals surface area contributed by atoms with Gasteiger partial charge in [-0.05, 0) is 24.3 Å². The monoisotopic (exact) mass is 266 g/mol. The van der Waals surface area contributed by atoms with Crippen LogP contribution in [0.15, 0.2) is 12.3 Å². The third kappa shape index (κ3) is 4.16. The highest BCUT2D eigenvalue weighted by molar-refractivity contribution is 5.85. The summed E-state index contributed by atoms with van der Waals surface area (Å²) in [5, 5.41) is 14.4. The molecule has 4 heteroatoms. The SMILES string of the molecule is CCC(CC)n1ccc(CC(=O)C(O)C(C)(C)C)n1. The van der Waals surface area contributed by atoms with Crippen molar-refractivity contribution >= 4 is 5.78 Å². The maximum Gasteiger partial charge on any atom is 0.167 e. The first-order valence-corrected chi connectivity index (χ1v) is 7.04. The van der Waals surface area contributed by atoms with E-state index in [9.17, 15) is 9.90 Å². The summed E-state index contributed by atoms with van der Waals surface area (Å²) < 4.78 is 1.92. The van der Waals surface area contributed by atoms with Crippen molar-refractivity contribution in [1.29, 1.82) is 0 Å². The van der Waals surface area contributed by atoms with Crippen LogP contribution in [0.1, 0.15) is 59.2 Å². The molecule has 0 fully saturated rings. The van der Waals surface area contributed by atoms with Gasteiger partial charge < -0.3 is 5.11 Å². The van der Waals surface area contributed by atoms with Gasteiger partial charge in [0.15, 0.2) is 5.78 Å². The van der Waals surface area contributed by atoms with Gasteiger partial charge in [0.1, 0.15) is 6.10 Å². The van der Waals surface area contributed by atoms with E-state index < -0.39 is 11.5 Å². The lowest BCUT2D eigenvalue weighted by Gasteiger charge is -2.24. The summed E-state index contributed by atoms with van der Waals surface area (Å²) in [5.74, 6) is -0.165. The molecule has 1 rings (SSSR count). The number of hydrogen-bond acceptors (Lipinski definition) is 3. The molecular weight excluding hydrogens is 240 g/mol. The number of nitrogens with zero attached hydrogens (tertiary/aromatic N) is 2. The summed E-state index contributed by atoms with van der Waals surface area (Å²) in [5.41, 5.74) is 0.315. The molecule has 19 heavy (non-hydrogen) atoms. The van der Waals surface area contributed by atoms with Crippen LogP contribution in [0.4, 0.5) is 0 Å². The highest BCUT2D eigenvalue weighted by atomic mass is 16.3. The fraction of sp³-hybridized carbons (Fsp3) is 0.733. The zero-order valence-corrected chi connectivity index (χ0v) is 12.7. The zero-order chi connectivity index (χ0) is 14.6. The van der Waals surface area contributed by atoms with Gasteiger partial charge in [-0.15, -0.1) is 0 Å². The minimum atomic E-state index is -0.939. The Balaban J connectivity index is 2.71. The van der Waals surface area contributed by atoms with E-state index in [2.05, 4.69) is 18.9 Å². The van der Waals surface area contributed by atoms with Crippen molar-refractivity contribution in [2.24, 2.45) is 5.41 Å². The number of aliphatic hydroxyl groups excluding tert-OH is 1. The largest absolute Gasteiger partial charge is 0.385 e. The Labute approximate surface area is 115 Å². The molecule has 1 N–H and O–H groups in total. The van der Waals surface area contributed by atoms with E-state index in [1.54, 1.807) is 0 Å². The lowest BCUT2D eigenvalue weighted by Crippen LogP contribution is -2.35. The van der Waals surface area contributed by atoms with E-state index in [1.807, 2.05) is 37.7 Å². The quantitative estimate of drug-likeness (QED) is 0.861. The average molecular weight is 266 g/mol. The predicted octanol–water partition coefficient (Wildman–Crippen LogP) is 2.76. The molecule has 4 nitrogen and oxygen atoms in total. The minimum absolute atomic E-state index is 0.165. The first kappa shape index (κ1) is 15.9. The molecule has 108 valence electrons. The number of rotatable bonds is 6. The average Bonchev–Trinajstić information content (AvgIpc) is 2.77. The summed E-state index contributed by atoms with van der Waals surface area (Å²) in [6, 6.07) is 2.25. The molecule has 0 amide bonds. The summed E-state index contributed by atoms with van der Waals surface area (Å²) >= 11 is 0. The van der Waals surface area contributed by atoms with Crippen molar-refractivity contribution < 1.29 is 9.90 Å². The molecule has 0 spiro atoms. The van der Waals surface area contributed by atoms with Crippen LogP contribution in [0.5, 0.6) is 0 Å². The number of carbonyl (C=O) groups excluding carboxylic acids is 1. The lowest BCUT2D eigenvalue weighted by molar-refractivity contribution is -0.131. The third-order valence-corrected chi connectivity index (χ3v) is 3.46. The van der Waals surface area contributed by atoms with Crippen LogP contribution in [0.2, 0.25) is 0 Å². The van der Waals surface area contributed by atoms with E-state index in [4.69, 9.17) is 0 Å². The van der Waals surface area contributed by atoms with E-state index in [-0.39, 0.29) is 12.2 Å². The summed E-state index contributed by atoms with van der Waals surface area (Å²) in [7, 11) is 0. The molecule has 0 saturated carbocycles. The van der Waals surface area contributed by atoms with Crippen molar-refractivity contribution in [2.45, 2.75) is 66.0 Å². The summed E-state index contributed by atoms with van der Waals surface area (Å²) in [4.78, 5) is 12.0. The van der Waals surface area contributed by atoms with Crippen LogP contribution < -0.4 is 0 Å². The highest BCUT2D eigenvalue weighted by Crippen LogP contribution is 2.21. The second-order valence-electron chi connectivity index (χ2n) is 6.17. The molecule has 0 aliphatic rings. The molecule has 1 aromatic rings. The molecule has 0 bridgehead atoms. The van der Waals surface area contributed by atoms with Crippen LogP contribution in [0.3, 0.4) is 0 Å². The van der Waals surface area contributed by atoms with Gasteiger partial charge in [0, 0.05) is 6.20 Å². The molecule has 0 aromatic carbocycles. The van der Waals surface area contributed by atoms with E-state index in [0.29, 0.717) is 6.04 Å². The Bertz CT molecular complexity index is 414. The predicted molar refractivity (Wildman–Crippen MR) is 76.0 cm³/mol. The summed E-state index contributed by atoms with van der Waals surface area (Å²) in [6.45, 7) is 9.84. The second-order valence-corrected chi connectivity index (χ2v) is 6.17. The Kier molecular flexibility index (Phi) is 5.29. The van der Waals surface area contributed by atoms with Crippen molar-refractivity contribution in [3.05, 3.63) is 18.0 Å². The third-order valence-electron chi connectivity index (χ3n) is 3.46. The number of hydrogen-bond donors (Lipinski definition) is 1. The molecule has 0 aliphatic heterocycles. The maximum absolute atomic E-state index is 12.0. The van der Waals surface area contributed by atoms with Crippen LogP contribution in [-0.2, 0) is 11.2 Å². The first-order valence-electron chi connectivity index (χ1n) is 7.04. The minimum Gasteiger partial charge on any atom is -0.385 e. The topological polar surface area (TPSA) is 55.1 Å². The van der Waals surface area contributed by atoms with Crippen LogP contribution in [0.25, 0.3) is 0 Å². The molecule has 0 aliphatic carbocycles. The Morgan fingerprint density at radius 2 is 1.95 bits per heavy atom. The number of aliphatic hydroxyl groups is 1. The van der Waals surface area contributed by atoms with Gasteiger partial charge in [-0.2, -0.15) is 5.10 Å². The molecular formula is C15H26N2O2. The molecule has 1 unspecified atom stereocenters. The van der Waals surface area contributed by atoms with Gasteiger partial charge in [-0.25, -0.2) is 0 Å². The van der Waals surface area contributed by atoms with Crippen molar-refractivity contribution in [3.63, 3.8) is 0 Å². The lowest BCUT2D eigenvalue weighted by atomic mass is 9.85. The number of aromatic nitrogens is 2. The summed E-state index contributed by atoms with van der Waals surface area (Å²) in [6.07, 6.45) is 3.23. The second kappa shape index (κ2) is 6.33. The number of ketones is 1. The van der Waals surface area contributed by atoms with Crippen molar-refractivity contribution in [1.82, 2.24) is 9.78 Å². The van der Waals surface area contributed by atoms with Crippen molar-refractivity contribution in [3.8, 4) is 0 Å². The number of carbonyl (C=O) groups is 1. The molecule has 0 radical (unpaired) electrons. The van der Waals surface area contributed by atoms with Crippen LogP contribution in [0, 0.1) is 5.41 Å². The normalized spacial score (nSPS) is 13.8. The number of Topliss-reactive ketones (excluding diaryl/α,β-unsaturated/α-hetero) is 1. The Morgan fingerprint density at radius 3 is 2.42 bits per heavy atom. The van der Waals surface area contributed by atoms with E-state index in [0.717, 1.165) is 18.5 Å². The molecule has 1 aromatic heterocycles. The highest BCUT2D eigenvalue weighted by Gasteiger charge is 2.29. The Morgan fingerprint density at radius 1 is 1.37 bits per heavy atom. The van der Waals surface area contributed by atoms with Gasteiger partial charge in [0.05, 0.1) is 18.2 Å². The zero-order valence-electron chi connectivity index (χ0n) is 12.7. The maximum atomic E-state index is 12.0. The van der Waals surface area contributed by atoms with Gasteiger partial charge in [0.25, 0.3) is 0 Å². The van der Waals surface area contributed by atoms with Gasteiger partial charge in [-0.3, -0.25) is 9.48 Å². The Hall–Kier alpha value is -1.16. The first-order chi connectivity index (χ1) is 8.79. The smallest absolute Gasteiger partial charge is 0.167 e. The van der Waals surface area contributed by atoms with Crippen LogP contribution in [-0.4, -0.2) is 26.8 Å². The fourth-order valence-electron chi connectivity index (χ4n) is 2.10. The van der Waals surface area contributed by atoms with Gasteiger partial charge in [0.2, 0.25) is 0 Å².